The van der Waals surface area contributed by atoms with Gasteiger partial charge in [0.2, 0.25) is 0 Å². The van der Waals surface area contributed by atoms with Gasteiger partial charge >= 0.3 is 5.97 Å². The smallest absolute Gasteiger partial charge is 0.306 e. The molecule has 0 atom stereocenters. The summed E-state index contributed by atoms with van der Waals surface area (Å²) in [6, 6.07) is 15.4. The molecule has 0 saturated heterocycles. The number of para-hydroxylation sites is 1. The van der Waals surface area contributed by atoms with Crippen molar-refractivity contribution in [3.05, 3.63) is 70.7 Å². The molecule has 0 radical (unpaired) electrons. The third-order valence-electron chi connectivity index (χ3n) is 4.70. The van der Waals surface area contributed by atoms with E-state index in [1.165, 1.54) is 0 Å². The summed E-state index contributed by atoms with van der Waals surface area (Å²) >= 11 is 1.58. The van der Waals surface area contributed by atoms with Crippen LogP contribution in [0.2, 0.25) is 0 Å². The number of benzene rings is 2. The van der Waals surface area contributed by atoms with Crippen molar-refractivity contribution < 1.29 is 14.3 Å². The number of esters is 1. The van der Waals surface area contributed by atoms with E-state index in [2.05, 4.69) is 15.3 Å². The fourth-order valence-electron chi connectivity index (χ4n) is 3.24. The van der Waals surface area contributed by atoms with Gasteiger partial charge in [-0.2, -0.15) is 0 Å². The van der Waals surface area contributed by atoms with Gasteiger partial charge in [-0.15, -0.1) is 11.3 Å². The molecular weight excluding hydrogens is 398 g/mol. The molecule has 0 fully saturated rings. The third kappa shape index (κ3) is 4.75. The molecule has 2 heterocycles. The summed E-state index contributed by atoms with van der Waals surface area (Å²) in [7, 11) is 0. The first-order valence-electron chi connectivity index (χ1n) is 9.61. The van der Waals surface area contributed by atoms with Crippen molar-refractivity contribution in [1.82, 2.24) is 9.97 Å². The summed E-state index contributed by atoms with van der Waals surface area (Å²) in [6.07, 6.45) is 2.68. The number of amides is 1. The lowest BCUT2D eigenvalue weighted by atomic mass is 10.1. The second-order valence-electron chi connectivity index (χ2n) is 6.90. The molecule has 4 aromatic rings. The van der Waals surface area contributed by atoms with E-state index in [0.717, 1.165) is 32.7 Å². The number of carbonyl (C=O) groups is 2. The van der Waals surface area contributed by atoms with Crippen LogP contribution in [0.1, 0.15) is 17.0 Å². The minimum atomic E-state index is -0.401. The SMILES string of the molecule is Cc1nc(-c2cccc(NC(=O)COC(=O)CCc3c[nH]c4ccccc34)c2)cs1. The fraction of sp³-hybridized carbons (Fsp3) is 0.174. The number of hydrogen-bond donors (Lipinski definition) is 2. The quantitative estimate of drug-likeness (QED) is 0.425. The highest BCUT2D eigenvalue weighted by Crippen LogP contribution is 2.24. The maximum atomic E-state index is 12.2. The molecular formula is C23H21N3O3S. The summed E-state index contributed by atoms with van der Waals surface area (Å²) in [5.74, 6) is -0.774. The van der Waals surface area contributed by atoms with Gasteiger partial charge < -0.3 is 15.0 Å². The van der Waals surface area contributed by atoms with Crippen LogP contribution in [0.4, 0.5) is 5.69 Å². The van der Waals surface area contributed by atoms with E-state index in [1.807, 2.05) is 61.0 Å². The Hall–Kier alpha value is -3.45. The zero-order valence-corrected chi connectivity index (χ0v) is 17.3. The monoisotopic (exact) mass is 419 g/mol. The molecule has 0 saturated carbocycles. The predicted molar refractivity (Wildman–Crippen MR) is 118 cm³/mol. The zero-order chi connectivity index (χ0) is 20.9. The van der Waals surface area contributed by atoms with Crippen molar-refractivity contribution in [3.63, 3.8) is 0 Å². The van der Waals surface area contributed by atoms with Crippen LogP contribution >= 0.6 is 11.3 Å². The first kappa shape index (κ1) is 19.8. The number of nitrogens with zero attached hydrogens (tertiary/aromatic N) is 1. The summed E-state index contributed by atoms with van der Waals surface area (Å²) in [6.45, 7) is 1.64. The summed E-state index contributed by atoms with van der Waals surface area (Å²) in [4.78, 5) is 31.9. The van der Waals surface area contributed by atoms with Crippen LogP contribution in [-0.2, 0) is 20.7 Å². The first-order valence-corrected chi connectivity index (χ1v) is 10.5. The molecule has 2 N–H and O–H groups in total. The van der Waals surface area contributed by atoms with Crippen LogP contribution in [-0.4, -0.2) is 28.5 Å². The highest BCUT2D eigenvalue weighted by molar-refractivity contribution is 7.09. The van der Waals surface area contributed by atoms with Crippen LogP contribution in [0.15, 0.2) is 60.1 Å². The number of aromatic nitrogens is 2. The number of thiazole rings is 1. The van der Waals surface area contributed by atoms with E-state index in [4.69, 9.17) is 4.74 Å². The summed E-state index contributed by atoms with van der Waals surface area (Å²) in [5, 5.41) is 6.82. The number of rotatable bonds is 7. The molecule has 2 aromatic heterocycles. The number of H-pyrrole nitrogens is 1. The third-order valence-corrected chi connectivity index (χ3v) is 5.47. The summed E-state index contributed by atoms with van der Waals surface area (Å²) < 4.78 is 5.13. The Kier molecular flexibility index (Phi) is 5.90. The Balaban J connectivity index is 1.27. The Labute approximate surface area is 177 Å². The molecule has 0 aliphatic rings. The van der Waals surface area contributed by atoms with Crippen LogP contribution in [0.25, 0.3) is 22.2 Å². The molecule has 0 aliphatic carbocycles. The molecule has 30 heavy (non-hydrogen) atoms. The highest BCUT2D eigenvalue weighted by Gasteiger charge is 2.11. The van der Waals surface area contributed by atoms with Gasteiger partial charge in [-0.1, -0.05) is 30.3 Å². The van der Waals surface area contributed by atoms with Crippen molar-refractivity contribution in [1.29, 1.82) is 0 Å². The maximum absolute atomic E-state index is 12.2. The fourth-order valence-corrected chi connectivity index (χ4v) is 3.86. The average Bonchev–Trinajstić information content (AvgIpc) is 3.37. The van der Waals surface area contributed by atoms with E-state index < -0.39 is 5.97 Å². The normalized spacial score (nSPS) is 10.8. The van der Waals surface area contributed by atoms with Gasteiger partial charge in [-0.3, -0.25) is 9.59 Å². The van der Waals surface area contributed by atoms with Gasteiger partial charge in [-0.05, 0) is 37.1 Å². The molecule has 0 spiro atoms. The van der Waals surface area contributed by atoms with Crippen LogP contribution < -0.4 is 5.32 Å². The Morgan fingerprint density at radius 3 is 2.87 bits per heavy atom. The average molecular weight is 420 g/mol. The van der Waals surface area contributed by atoms with E-state index >= 15 is 0 Å². The molecule has 0 bridgehead atoms. The van der Waals surface area contributed by atoms with E-state index in [0.29, 0.717) is 12.1 Å². The van der Waals surface area contributed by atoms with Crippen molar-refractivity contribution in [2.75, 3.05) is 11.9 Å². The molecule has 0 aliphatic heterocycles. The van der Waals surface area contributed by atoms with E-state index in [1.54, 1.807) is 17.4 Å². The van der Waals surface area contributed by atoms with Gasteiger partial charge in [0.1, 0.15) is 0 Å². The molecule has 152 valence electrons. The molecule has 2 aromatic carbocycles. The lowest BCUT2D eigenvalue weighted by Crippen LogP contribution is -2.21. The van der Waals surface area contributed by atoms with Gasteiger partial charge in [-0.25, -0.2) is 4.98 Å². The van der Waals surface area contributed by atoms with Gasteiger partial charge in [0.15, 0.2) is 6.61 Å². The predicted octanol–water partition coefficient (Wildman–Crippen LogP) is 4.71. The molecule has 0 unspecified atom stereocenters. The minimum absolute atomic E-state index is 0.216. The second-order valence-corrected chi connectivity index (χ2v) is 7.96. The van der Waals surface area contributed by atoms with E-state index in [-0.39, 0.29) is 18.9 Å². The van der Waals surface area contributed by atoms with Crippen LogP contribution in [0.5, 0.6) is 0 Å². The first-order chi connectivity index (χ1) is 14.6. The number of anilines is 1. The van der Waals surface area contributed by atoms with Crippen molar-refractivity contribution in [2.45, 2.75) is 19.8 Å². The number of carbonyl (C=O) groups excluding carboxylic acids is 2. The van der Waals surface area contributed by atoms with Crippen molar-refractivity contribution in [2.24, 2.45) is 0 Å². The van der Waals surface area contributed by atoms with Gasteiger partial charge in [0, 0.05) is 40.2 Å². The van der Waals surface area contributed by atoms with Crippen LogP contribution in [0, 0.1) is 6.92 Å². The lowest BCUT2D eigenvalue weighted by Gasteiger charge is -2.08. The van der Waals surface area contributed by atoms with Gasteiger partial charge in [0.05, 0.1) is 10.7 Å². The number of hydrogen-bond acceptors (Lipinski definition) is 5. The lowest BCUT2D eigenvalue weighted by molar-refractivity contribution is -0.147. The van der Waals surface area contributed by atoms with Crippen LogP contribution in [0.3, 0.4) is 0 Å². The molecule has 1 amide bonds. The molecule has 6 nitrogen and oxygen atoms in total. The largest absolute Gasteiger partial charge is 0.456 e. The summed E-state index contributed by atoms with van der Waals surface area (Å²) in [5.41, 5.74) is 4.53. The zero-order valence-electron chi connectivity index (χ0n) is 16.5. The maximum Gasteiger partial charge on any atom is 0.306 e. The highest BCUT2D eigenvalue weighted by atomic mass is 32.1. The van der Waals surface area contributed by atoms with E-state index in [9.17, 15) is 9.59 Å². The topological polar surface area (TPSA) is 84.1 Å². The molecule has 7 heteroatoms. The number of ether oxygens (including phenoxy) is 1. The minimum Gasteiger partial charge on any atom is -0.456 e. The Bertz CT molecular complexity index is 1200. The van der Waals surface area contributed by atoms with Crippen molar-refractivity contribution >= 4 is 39.8 Å². The standard InChI is InChI=1S/C23H21N3O3S/c1-15-25-21(14-30-15)16-5-4-6-18(11-16)26-22(27)13-29-23(28)10-9-17-12-24-20-8-3-2-7-19(17)20/h2-8,11-12,14,24H,9-10,13H2,1H3,(H,26,27). The number of aryl methyl sites for hydroxylation is 2. The number of aromatic amines is 1. The Morgan fingerprint density at radius 2 is 2.03 bits per heavy atom. The molecule has 4 rings (SSSR count). The van der Waals surface area contributed by atoms with Gasteiger partial charge in [0.25, 0.3) is 5.91 Å². The Morgan fingerprint density at radius 1 is 1.17 bits per heavy atom. The number of fused-ring (bicyclic) bond motifs is 1. The number of nitrogens with one attached hydrogen (secondary N) is 2. The second kappa shape index (κ2) is 8.92. The van der Waals surface area contributed by atoms with Crippen molar-refractivity contribution in [3.8, 4) is 11.3 Å².